The summed E-state index contributed by atoms with van der Waals surface area (Å²) in [4.78, 5) is 15.5. The molecule has 0 saturated carbocycles. The Bertz CT molecular complexity index is 1090. The van der Waals surface area contributed by atoms with Crippen molar-refractivity contribution >= 4 is 28.0 Å². The van der Waals surface area contributed by atoms with Crippen molar-refractivity contribution in [3.63, 3.8) is 0 Å². The van der Waals surface area contributed by atoms with E-state index < -0.39 is 0 Å². The zero-order chi connectivity index (χ0) is 21.9. The maximum Gasteiger partial charge on any atom is 0.246 e. The number of methoxy groups -OCH3 is 1. The number of likely N-dealkylation sites (tertiary alicyclic amines) is 1. The van der Waals surface area contributed by atoms with Gasteiger partial charge in [0.15, 0.2) is 11.5 Å². The first-order valence-corrected chi connectivity index (χ1v) is 13.1. The highest BCUT2D eigenvalue weighted by Crippen LogP contribution is 2.63. The molecule has 2 aromatic rings. The predicted octanol–water partition coefficient (Wildman–Crippen LogP) is 5.30. The monoisotopic (exact) mass is 465 g/mol. The van der Waals surface area contributed by atoms with E-state index in [0.29, 0.717) is 12.0 Å². The van der Waals surface area contributed by atoms with E-state index in [1.54, 1.807) is 7.11 Å². The SMILES string of the molecule is COc1ccc2c3c1O[C@H]1C=C[C@H](SC(=O)SCc4ccccc4)[C@H]4[C@@H](C2)N(C)CC[C@@]341. The zero-order valence-electron chi connectivity index (χ0n) is 18.3. The number of thioether (sulfide) groups is 2. The molecule has 0 N–H and O–H groups in total. The number of hydrogen-bond acceptors (Lipinski definition) is 6. The Balaban J connectivity index is 1.33. The van der Waals surface area contributed by atoms with Gasteiger partial charge in [0.1, 0.15) is 6.10 Å². The van der Waals surface area contributed by atoms with E-state index in [1.807, 2.05) is 18.2 Å². The molecule has 2 bridgehead atoms. The Morgan fingerprint density at radius 2 is 2.06 bits per heavy atom. The minimum Gasteiger partial charge on any atom is -0.493 e. The van der Waals surface area contributed by atoms with Crippen LogP contribution in [0.15, 0.2) is 54.6 Å². The van der Waals surface area contributed by atoms with Gasteiger partial charge in [0, 0.05) is 33.9 Å². The van der Waals surface area contributed by atoms with Crippen LogP contribution < -0.4 is 9.47 Å². The molecule has 0 radical (unpaired) electrons. The molecular weight excluding hydrogens is 438 g/mol. The first-order chi connectivity index (χ1) is 15.6. The fourth-order valence-corrected chi connectivity index (χ4v) is 8.63. The highest BCUT2D eigenvalue weighted by molar-refractivity contribution is 8.38. The van der Waals surface area contributed by atoms with Gasteiger partial charge in [-0.2, -0.15) is 0 Å². The maximum atomic E-state index is 13.0. The van der Waals surface area contributed by atoms with E-state index in [1.165, 1.54) is 40.2 Å². The lowest BCUT2D eigenvalue weighted by molar-refractivity contribution is -0.000970. The molecule has 32 heavy (non-hydrogen) atoms. The van der Waals surface area contributed by atoms with Gasteiger partial charge in [-0.1, -0.05) is 66.0 Å². The van der Waals surface area contributed by atoms with E-state index >= 15 is 0 Å². The van der Waals surface area contributed by atoms with Crippen molar-refractivity contribution in [2.24, 2.45) is 5.92 Å². The van der Waals surface area contributed by atoms with Crippen LogP contribution in [0.3, 0.4) is 0 Å². The van der Waals surface area contributed by atoms with E-state index in [2.05, 4.69) is 48.4 Å². The number of piperidine rings is 1. The third kappa shape index (κ3) is 2.99. The molecule has 4 nitrogen and oxygen atoms in total. The second kappa shape index (κ2) is 7.86. The summed E-state index contributed by atoms with van der Waals surface area (Å²) in [5, 5.41) is 0.156. The smallest absolute Gasteiger partial charge is 0.246 e. The van der Waals surface area contributed by atoms with Crippen LogP contribution in [0.25, 0.3) is 0 Å². The fraction of sp³-hybridized carbons (Fsp3) is 0.423. The molecule has 2 aromatic carbocycles. The number of nitrogens with zero attached hydrogens (tertiary/aromatic N) is 1. The summed E-state index contributed by atoms with van der Waals surface area (Å²) in [5.41, 5.74) is 3.87. The third-order valence-corrected chi connectivity index (χ3v) is 10.1. The first-order valence-electron chi connectivity index (χ1n) is 11.2. The fourth-order valence-electron chi connectivity index (χ4n) is 6.41. The minimum atomic E-state index is -0.0641. The topological polar surface area (TPSA) is 38.8 Å². The molecule has 6 heteroatoms. The minimum absolute atomic E-state index is 0.0259. The van der Waals surface area contributed by atoms with Gasteiger partial charge in [0.05, 0.1) is 7.11 Å². The first kappa shape index (κ1) is 20.7. The molecule has 2 aliphatic heterocycles. The average Bonchev–Trinajstić information content (AvgIpc) is 3.15. The van der Waals surface area contributed by atoms with Crippen molar-refractivity contribution in [1.29, 1.82) is 0 Å². The second-order valence-corrected chi connectivity index (χ2v) is 11.6. The van der Waals surface area contributed by atoms with Crippen LogP contribution in [0.5, 0.6) is 11.5 Å². The number of rotatable bonds is 4. The molecule has 1 saturated heterocycles. The highest BCUT2D eigenvalue weighted by atomic mass is 32.2. The molecule has 4 aliphatic rings. The van der Waals surface area contributed by atoms with Crippen LogP contribution in [0.4, 0.5) is 4.79 Å². The molecule has 0 unspecified atom stereocenters. The van der Waals surface area contributed by atoms with Crippen molar-refractivity contribution in [3.8, 4) is 11.5 Å². The van der Waals surface area contributed by atoms with E-state index in [9.17, 15) is 4.79 Å². The molecule has 6 rings (SSSR count). The summed E-state index contributed by atoms with van der Waals surface area (Å²) in [5.74, 6) is 2.83. The number of ether oxygens (including phenoxy) is 2. The van der Waals surface area contributed by atoms with Gasteiger partial charge in [-0.3, -0.25) is 4.79 Å². The molecule has 166 valence electrons. The summed E-state index contributed by atoms with van der Waals surface area (Å²) < 4.78 is 12.4. The molecule has 5 atom stereocenters. The zero-order valence-corrected chi connectivity index (χ0v) is 20.0. The lowest BCUT2D eigenvalue weighted by Crippen LogP contribution is -2.65. The van der Waals surface area contributed by atoms with Crippen molar-refractivity contribution < 1.29 is 14.3 Å². The second-order valence-electron chi connectivity index (χ2n) is 9.23. The summed E-state index contributed by atoms with van der Waals surface area (Å²) in [7, 11) is 3.96. The predicted molar refractivity (Wildman–Crippen MR) is 131 cm³/mol. The molecule has 1 fully saturated rings. The molecule has 1 spiro atoms. The summed E-state index contributed by atoms with van der Waals surface area (Å²) in [6.07, 6.45) is 6.55. The highest BCUT2D eigenvalue weighted by Gasteiger charge is 2.64. The quantitative estimate of drug-likeness (QED) is 0.571. The number of carbonyl (C=O) groups is 1. The van der Waals surface area contributed by atoms with Crippen molar-refractivity contribution in [3.05, 3.63) is 71.3 Å². The largest absolute Gasteiger partial charge is 0.493 e. The van der Waals surface area contributed by atoms with Gasteiger partial charge in [-0.15, -0.1) is 0 Å². The van der Waals surface area contributed by atoms with Gasteiger partial charge in [0.2, 0.25) is 4.45 Å². The summed E-state index contributed by atoms with van der Waals surface area (Å²) in [6, 6.07) is 14.9. The van der Waals surface area contributed by atoms with Crippen LogP contribution in [0, 0.1) is 5.92 Å². The van der Waals surface area contributed by atoms with Crippen LogP contribution in [0.1, 0.15) is 23.1 Å². The molecular formula is C26H27NO3S2. The number of carbonyl (C=O) groups excluding carboxylic acids is 1. The number of hydrogen-bond donors (Lipinski definition) is 0. The van der Waals surface area contributed by atoms with Crippen LogP contribution in [0.2, 0.25) is 0 Å². The Hall–Kier alpha value is -1.89. The summed E-state index contributed by atoms with van der Waals surface area (Å²) >= 11 is 2.93. The third-order valence-electron chi connectivity index (χ3n) is 7.79. The summed E-state index contributed by atoms with van der Waals surface area (Å²) in [6.45, 7) is 1.05. The Kier molecular flexibility index (Phi) is 5.08. The maximum absolute atomic E-state index is 13.0. The van der Waals surface area contributed by atoms with Crippen molar-refractivity contribution in [1.82, 2.24) is 4.90 Å². The van der Waals surface area contributed by atoms with E-state index in [4.69, 9.17) is 9.47 Å². The van der Waals surface area contributed by atoms with Crippen LogP contribution >= 0.6 is 23.5 Å². The molecule has 0 aromatic heterocycles. The molecule has 2 heterocycles. The Morgan fingerprint density at radius 3 is 2.88 bits per heavy atom. The average molecular weight is 466 g/mol. The standard InChI is InChI=1S/C26H27NO3S2/c1-27-13-12-26-21-11-10-20(32-25(28)31-15-16-6-4-3-5-7-16)23(26)18(27)14-17-8-9-19(29-2)24(30-21)22(17)26/h3-11,18,20-21,23H,12-15H2,1-2H3/t18-,20+,21+,23-,26-/m1/s1. The van der Waals surface area contributed by atoms with E-state index in [0.717, 1.165) is 36.6 Å². The van der Waals surface area contributed by atoms with Gasteiger partial charge < -0.3 is 14.4 Å². The van der Waals surface area contributed by atoms with Gasteiger partial charge in [0.25, 0.3) is 0 Å². The van der Waals surface area contributed by atoms with Crippen molar-refractivity contribution in [2.75, 3.05) is 20.7 Å². The lowest BCUT2D eigenvalue weighted by atomic mass is 9.53. The lowest BCUT2D eigenvalue weighted by Gasteiger charge is -2.58. The Morgan fingerprint density at radius 1 is 1.22 bits per heavy atom. The normalized spacial score (nSPS) is 31.7. The molecule has 2 aliphatic carbocycles. The van der Waals surface area contributed by atoms with Crippen molar-refractivity contribution in [2.45, 2.75) is 41.4 Å². The van der Waals surface area contributed by atoms with E-state index in [-0.39, 0.29) is 21.2 Å². The Labute approximate surface area is 197 Å². The van der Waals surface area contributed by atoms with Crippen LogP contribution in [-0.2, 0) is 17.6 Å². The van der Waals surface area contributed by atoms with Crippen LogP contribution in [-0.4, -0.2) is 47.4 Å². The number of benzene rings is 2. The number of likely N-dealkylation sites (N-methyl/N-ethyl adjacent to an activating group) is 1. The van der Waals surface area contributed by atoms with Gasteiger partial charge in [-0.25, -0.2) is 0 Å². The van der Waals surface area contributed by atoms with Gasteiger partial charge in [-0.05, 0) is 49.7 Å². The van der Waals surface area contributed by atoms with Gasteiger partial charge >= 0.3 is 0 Å². The molecule has 0 amide bonds.